The van der Waals surface area contributed by atoms with Crippen LogP contribution in [-0.4, -0.2) is 37.6 Å². The van der Waals surface area contributed by atoms with Crippen LogP contribution in [0.3, 0.4) is 0 Å². The standard InChI is InChI=1S/C14H19Br2ClO2/c1-18-8-9-19-7-6-14(10-15,11-16)12-2-4-13(17)5-3-12/h2-5H,6-11H2,1H3. The molecule has 1 aromatic rings. The lowest BCUT2D eigenvalue weighted by Crippen LogP contribution is -2.32. The van der Waals surface area contributed by atoms with Gasteiger partial charge in [-0.05, 0) is 24.1 Å². The predicted octanol–water partition coefficient (Wildman–Crippen LogP) is 4.42. The summed E-state index contributed by atoms with van der Waals surface area (Å²) in [6.07, 6.45) is 0.939. The van der Waals surface area contributed by atoms with E-state index in [-0.39, 0.29) is 5.41 Å². The minimum absolute atomic E-state index is 0.0255. The second-order valence-electron chi connectivity index (χ2n) is 4.41. The number of ether oxygens (including phenoxy) is 2. The van der Waals surface area contributed by atoms with Crippen LogP contribution in [-0.2, 0) is 14.9 Å². The van der Waals surface area contributed by atoms with Crippen LogP contribution < -0.4 is 0 Å². The lowest BCUT2D eigenvalue weighted by Gasteiger charge is -2.30. The highest BCUT2D eigenvalue weighted by molar-refractivity contribution is 9.09. The van der Waals surface area contributed by atoms with Crippen molar-refractivity contribution in [2.75, 3.05) is 37.6 Å². The molecule has 0 amide bonds. The van der Waals surface area contributed by atoms with Gasteiger partial charge < -0.3 is 9.47 Å². The van der Waals surface area contributed by atoms with Crippen LogP contribution >= 0.6 is 43.5 Å². The van der Waals surface area contributed by atoms with Gasteiger partial charge in [0.2, 0.25) is 0 Å². The number of benzene rings is 1. The Morgan fingerprint density at radius 3 is 2.21 bits per heavy atom. The van der Waals surface area contributed by atoms with E-state index in [0.29, 0.717) is 19.8 Å². The van der Waals surface area contributed by atoms with Gasteiger partial charge in [-0.1, -0.05) is 55.6 Å². The number of hydrogen-bond donors (Lipinski definition) is 0. The Kier molecular flexibility index (Phi) is 8.58. The molecule has 0 atom stereocenters. The van der Waals surface area contributed by atoms with Gasteiger partial charge in [-0.15, -0.1) is 0 Å². The Labute approximate surface area is 137 Å². The van der Waals surface area contributed by atoms with Crippen LogP contribution in [0.4, 0.5) is 0 Å². The molecule has 108 valence electrons. The zero-order valence-electron chi connectivity index (χ0n) is 11.0. The summed E-state index contributed by atoms with van der Waals surface area (Å²) in [5, 5.41) is 2.51. The smallest absolute Gasteiger partial charge is 0.0700 e. The molecule has 0 saturated carbocycles. The van der Waals surface area contributed by atoms with Crippen molar-refractivity contribution in [3.05, 3.63) is 34.9 Å². The average Bonchev–Trinajstić information content (AvgIpc) is 2.45. The number of methoxy groups -OCH3 is 1. The molecule has 19 heavy (non-hydrogen) atoms. The van der Waals surface area contributed by atoms with E-state index in [2.05, 4.69) is 44.0 Å². The summed E-state index contributed by atoms with van der Waals surface area (Å²) in [4.78, 5) is 0. The third kappa shape index (κ3) is 5.35. The van der Waals surface area contributed by atoms with E-state index in [9.17, 15) is 0 Å². The topological polar surface area (TPSA) is 18.5 Å². The molecule has 2 nitrogen and oxygen atoms in total. The Bertz CT molecular complexity index is 353. The van der Waals surface area contributed by atoms with E-state index in [4.69, 9.17) is 21.1 Å². The molecule has 0 saturated heterocycles. The van der Waals surface area contributed by atoms with Crippen LogP contribution in [0.5, 0.6) is 0 Å². The zero-order valence-corrected chi connectivity index (χ0v) is 14.9. The molecule has 0 spiro atoms. The molecule has 0 unspecified atom stereocenters. The van der Waals surface area contributed by atoms with Gasteiger partial charge in [0.1, 0.15) is 0 Å². The van der Waals surface area contributed by atoms with Crippen molar-refractivity contribution in [2.45, 2.75) is 11.8 Å². The quantitative estimate of drug-likeness (QED) is 0.440. The third-order valence-electron chi connectivity index (χ3n) is 3.12. The minimum Gasteiger partial charge on any atom is -0.382 e. The first-order valence-electron chi connectivity index (χ1n) is 6.13. The number of hydrogen-bond acceptors (Lipinski definition) is 2. The average molecular weight is 415 g/mol. The number of halogens is 3. The molecule has 0 radical (unpaired) electrons. The first kappa shape index (κ1) is 17.4. The summed E-state index contributed by atoms with van der Waals surface area (Å²) in [6.45, 7) is 1.98. The summed E-state index contributed by atoms with van der Waals surface area (Å²) in [5.74, 6) is 0. The third-order valence-corrected chi connectivity index (χ3v) is 5.52. The summed E-state index contributed by atoms with van der Waals surface area (Å²) < 4.78 is 10.6. The van der Waals surface area contributed by atoms with Crippen molar-refractivity contribution in [2.24, 2.45) is 0 Å². The van der Waals surface area contributed by atoms with Gasteiger partial charge in [0.15, 0.2) is 0 Å². The summed E-state index contributed by atoms with van der Waals surface area (Å²) in [7, 11) is 1.68. The van der Waals surface area contributed by atoms with Crippen molar-refractivity contribution in [3.63, 3.8) is 0 Å². The zero-order chi connectivity index (χ0) is 14.1. The molecule has 0 aliphatic rings. The van der Waals surface area contributed by atoms with Crippen molar-refractivity contribution in [1.82, 2.24) is 0 Å². The fourth-order valence-corrected chi connectivity index (χ4v) is 4.05. The van der Waals surface area contributed by atoms with Crippen LogP contribution in [0.2, 0.25) is 5.02 Å². The van der Waals surface area contributed by atoms with Crippen molar-refractivity contribution >= 4 is 43.5 Å². The lowest BCUT2D eigenvalue weighted by molar-refractivity contribution is 0.0635. The van der Waals surface area contributed by atoms with E-state index in [1.165, 1.54) is 5.56 Å². The fourth-order valence-electron chi connectivity index (χ4n) is 1.78. The SMILES string of the molecule is COCCOCCC(CBr)(CBr)c1ccc(Cl)cc1. The maximum atomic E-state index is 5.95. The molecule has 0 aliphatic heterocycles. The van der Waals surface area contributed by atoms with E-state index < -0.39 is 0 Å². The Morgan fingerprint density at radius 2 is 1.68 bits per heavy atom. The van der Waals surface area contributed by atoms with Crippen LogP contribution in [0.1, 0.15) is 12.0 Å². The highest BCUT2D eigenvalue weighted by atomic mass is 79.9. The monoisotopic (exact) mass is 412 g/mol. The van der Waals surface area contributed by atoms with Crippen molar-refractivity contribution in [3.8, 4) is 0 Å². The molecule has 0 aromatic heterocycles. The highest BCUT2D eigenvalue weighted by Gasteiger charge is 2.29. The summed E-state index contributed by atoms with van der Waals surface area (Å²) in [6, 6.07) is 8.03. The van der Waals surface area contributed by atoms with Gasteiger partial charge >= 0.3 is 0 Å². The molecule has 0 N–H and O–H groups in total. The molecule has 5 heteroatoms. The number of rotatable bonds is 9. The molecule has 0 fully saturated rings. The van der Waals surface area contributed by atoms with Crippen LogP contribution in [0, 0.1) is 0 Å². The highest BCUT2D eigenvalue weighted by Crippen LogP contribution is 2.33. The summed E-state index contributed by atoms with van der Waals surface area (Å²) in [5.41, 5.74) is 1.29. The second kappa shape index (κ2) is 9.35. The molecule has 0 aliphatic carbocycles. The van der Waals surface area contributed by atoms with Gasteiger partial charge in [-0.3, -0.25) is 0 Å². The van der Waals surface area contributed by atoms with Crippen LogP contribution in [0.25, 0.3) is 0 Å². The molecular formula is C14H19Br2ClO2. The second-order valence-corrected chi connectivity index (χ2v) is 5.97. The largest absolute Gasteiger partial charge is 0.382 e. The first-order chi connectivity index (χ1) is 9.18. The fraction of sp³-hybridized carbons (Fsp3) is 0.571. The van der Waals surface area contributed by atoms with Gasteiger partial charge in [0.05, 0.1) is 13.2 Å². The van der Waals surface area contributed by atoms with E-state index >= 15 is 0 Å². The maximum Gasteiger partial charge on any atom is 0.0700 e. The molecular weight excluding hydrogens is 395 g/mol. The van der Waals surface area contributed by atoms with E-state index in [1.54, 1.807) is 7.11 Å². The first-order valence-corrected chi connectivity index (χ1v) is 8.75. The van der Waals surface area contributed by atoms with Gasteiger partial charge in [0.25, 0.3) is 0 Å². The normalized spacial score (nSPS) is 11.8. The predicted molar refractivity (Wildman–Crippen MR) is 88.0 cm³/mol. The van der Waals surface area contributed by atoms with Crippen LogP contribution in [0.15, 0.2) is 24.3 Å². The van der Waals surface area contributed by atoms with Gasteiger partial charge in [-0.2, -0.15) is 0 Å². The summed E-state index contributed by atoms with van der Waals surface area (Å²) >= 11 is 13.2. The van der Waals surface area contributed by atoms with E-state index in [0.717, 1.165) is 22.1 Å². The van der Waals surface area contributed by atoms with E-state index in [1.807, 2.05) is 12.1 Å². The van der Waals surface area contributed by atoms with Crippen molar-refractivity contribution < 1.29 is 9.47 Å². The maximum absolute atomic E-state index is 5.95. The Morgan fingerprint density at radius 1 is 1.05 bits per heavy atom. The van der Waals surface area contributed by atoms with Gasteiger partial charge in [0, 0.05) is 34.8 Å². The molecule has 0 heterocycles. The molecule has 1 rings (SSSR count). The molecule has 1 aromatic carbocycles. The Hall–Kier alpha value is 0.390. The lowest BCUT2D eigenvalue weighted by atomic mass is 9.82. The van der Waals surface area contributed by atoms with Gasteiger partial charge in [-0.25, -0.2) is 0 Å². The molecule has 0 bridgehead atoms. The van der Waals surface area contributed by atoms with Crippen molar-refractivity contribution in [1.29, 1.82) is 0 Å². The Balaban J connectivity index is 2.65. The minimum atomic E-state index is 0.0255. The number of alkyl halides is 2.